The van der Waals surface area contributed by atoms with E-state index in [0.717, 1.165) is 30.1 Å². The number of hydrogen-bond acceptors (Lipinski definition) is 2. The maximum absolute atomic E-state index is 12.5. The van der Waals surface area contributed by atoms with Gasteiger partial charge in [0.05, 0.1) is 18.9 Å². The van der Waals surface area contributed by atoms with Crippen LogP contribution in [0.25, 0.3) is 0 Å². The first-order valence-corrected chi connectivity index (χ1v) is 13.1. The number of ether oxygens (including phenoxy) is 1. The summed E-state index contributed by atoms with van der Waals surface area (Å²) in [7, 11) is 3.87. The van der Waals surface area contributed by atoms with Crippen molar-refractivity contribution < 1.29 is 9.53 Å². The van der Waals surface area contributed by atoms with Crippen LogP contribution in [0.5, 0.6) is 0 Å². The zero-order valence-corrected chi connectivity index (χ0v) is 21.2. The molecular formula is C28H47NO2. The molecule has 31 heavy (non-hydrogen) atoms. The summed E-state index contributed by atoms with van der Waals surface area (Å²) in [5.41, 5.74) is 0.632. The Hall–Kier alpha value is -0.990. The fourth-order valence-electron chi connectivity index (χ4n) is 8.78. The maximum Gasteiger partial charge on any atom is 0.222 e. The van der Waals surface area contributed by atoms with Gasteiger partial charge in [-0.3, -0.25) is 4.79 Å². The number of rotatable bonds is 6. The highest BCUT2D eigenvalue weighted by Crippen LogP contribution is 2.67. The van der Waals surface area contributed by atoms with Crippen LogP contribution >= 0.6 is 0 Å². The zero-order valence-electron chi connectivity index (χ0n) is 21.2. The lowest BCUT2D eigenvalue weighted by Crippen LogP contribution is -2.60. The Bertz CT molecular complexity index is 714. The first-order chi connectivity index (χ1) is 14.6. The minimum atomic E-state index is 0.192. The second-order valence-corrected chi connectivity index (χ2v) is 12.5. The molecule has 4 aliphatic rings. The quantitative estimate of drug-likeness (QED) is 0.471. The van der Waals surface area contributed by atoms with Gasteiger partial charge in [-0.25, -0.2) is 0 Å². The molecular weight excluding hydrogens is 382 g/mol. The second kappa shape index (κ2) is 8.41. The molecule has 1 aliphatic heterocycles. The summed E-state index contributed by atoms with van der Waals surface area (Å²) in [4.78, 5) is 14.5. The van der Waals surface area contributed by atoms with Crippen LogP contribution in [0.3, 0.4) is 0 Å². The number of likely N-dealkylation sites (N-methyl/N-ethyl adjacent to an activating group) is 1. The van der Waals surface area contributed by atoms with Crippen LogP contribution in [0.4, 0.5) is 0 Å². The molecule has 0 aromatic carbocycles. The third-order valence-corrected chi connectivity index (χ3v) is 10.6. The smallest absolute Gasteiger partial charge is 0.222 e. The van der Waals surface area contributed by atoms with Crippen LogP contribution in [-0.4, -0.2) is 31.0 Å². The Morgan fingerprint density at radius 2 is 1.77 bits per heavy atom. The fourth-order valence-corrected chi connectivity index (χ4v) is 8.78. The van der Waals surface area contributed by atoms with E-state index in [4.69, 9.17) is 4.74 Å². The summed E-state index contributed by atoms with van der Waals surface area (Å²) in [6, 6.07) is 0.196. The number of carbonyl (C=O) groups excluding carboxylic acids is 1. The topological polar surface area (TPSA) is 29.5 Å². The first-order valence-electron chi connectivity index (χ1n) is 13.1. The highest BCUT2D eigenvalue weighted by molar-refractivity contribution is 5.78. The number of piperidine rings is 1. The normalized spacial score (nSPS) is 43.2. The van der Waals surface area contributed by atoms with Crippen molar-refractivity contribution in [2.24, 2.45) is 46.3 Å². The first kappa shape index (κ1) is 23.2. The predicted octanol–water partition coefficient (Wildman–Crippen LogP) is 6.68. The summed E-state index contributed by atoms with van der Waals surface area (Å²) in [5, 5.41) is 0. The number of likely N-dealkylation sites (tertiary alicyclic amines) is 1. The Labute approximate surface area is 191 Å². The highest BCUT2D eigenvalue weighted by atomic mass is 16.5. The van der Waals surface area contributed by atoms with E-state index in [1.54, 1.807) is 0 Å². The average molecular weight is 430 g/mol. The van der Waals surface area contributed by atoms with Gasteiger partial charge in [-0.2, -0.15) is 0 Å². The van der Waals surface area contributed by atoms with Crippen LogP contribution in [0, 0.1) is 46.3 Å². The lowest BCUT2D eigenvalue weighted by molar-refractivity contribution is -0.148. The van der Waals surface area contributed by atoms with Crippen molar-refractivity contribution in [1.82, 2.24) is 4.90 Å². The van der Waals surface area contributed by atoms with Crippen molar-refractivity contribution in [3.05, 3.63) is 11.8 Å². The van der Waals surface area contributed by atoms with Gasteiger partial charge in [-0.15, -0.1) is 0 Å². The van der Waals surface area contributed by atoms with Gasteiger partial charge < -0.3 is 9.64 Å². The highest BCUT2D eigenvalue weighted by Gasteiger charge is 2.62. The third-order valence-electron chi connectivity index (χ3n) is 10.6. The molecule has 0 bridgehead atoms. The molecule has 0 aromatic heterocycles. The van der Waals surface area contributed by atoms with Crippen molar-refractivity contribution in [2.75, 3.05) is 14.2 Å². The number of carbonyl (C=O) groups is 1. The Morgan fingerprint density at radius 1 is 1.06 bits per heavy atom. The molecule has 176 valence electrons. The van der Waals surface area contributed by atoms with Crippen molar-refractivity contribution in [3.8, 4) is 0 Å². The van der Waals surface area contributed by atoms with Crippen LogP contribution < -0.4 is 0 Å². The Morgan fingerprint density at radius 3 is 2.45 bits per heavy atom. The molecule has 4 rings (SSSR count). The molecule has 1 heterocycles. The molecule has 1 amide bonds. The fraction of sp³-hybridized carbons (Fsp3) is 0.893. The average Bonchev–Trinajstić information content (AvgIpc) is 3.08. The lowest BCUT2D eigenvalue weighted by atomic mass is 9.47. The van der Waals surface area contributed by atoms with Gasteiger partial charge >= 0.3 is 0 Å². The maximum atomic E-state index is 12.5. The van der Waals surface area contributed by atoms with Crippen LogP contribution in [0.1, 0.15) is 92.4 Å². The van der Waals surface area contributed by atoms with Crippen molar-refractivity contribution in [3.63, 3.8) is 0 Å². The number of fused-ring (bicyclic) bond motifs is 5. The monoisotopic (exact) mass is 429 g/mol. The summed E-state index contributed by atoms with van der Waals surface area (Å²) in [5.74, 6) is 5.90. The molecule has 1 saturated heterocycles. The lowest BCUT2D eigenvalue weighted by Gasteiger charge is -2.60. The van der Waals surface area contributed by atoms with Crippen molar-refractivity contribution in [2.45, 2.75) is 98.4 Å². The minimum absolute atomic E-state index is 0.192. The standard InChI is InChI=1S/C28H47NO2/c1-18(2)9-8-10-19(3)20-11-12-21-26-22(13-15-27(20,21)4)28(5)16-14-25(30)29(6)24(28)17-23(26)31-7/h17-22,24,26H,8-16H2,1-7H3/t19-,20-,21+,22+,24-,26+,27-,28-/m1/s1. The van der Waals surface area contributed by atoms with Crippen LogP contribution in [-0.2, 0) is 9.53 Å². The molecule has 3 nitrogen and oxygen atoms in total. The molecule has 0 radical (unpaired) electrons. The van der Waals surface area contributed by atoms with E-state index in [9.17, 15) is 4.79 Å². The van der Waals surface area contributed by atoms with E-state index in [1.165, 1.54) is 50.7 Å². The van der Waals surface area contributed by atoms with E-state index < -0.39 is 0 Å². The molecule has 0 spiro atoms. The molecule has 2 saturated carbocycles. The van der Waals surface area contributed by atoms with Crippen molar-refractivity contribution in [1.29, 1.82) is 0 Å². The molecule has 0 N–H and O–H groups in total. The largest absolute Gasteiger partial charge is 0.501 e. The van der Waals surface area contributed by atoms with Gasteiger partial charge in [-0.05, 0) is 78.6 Å². The second-order valence-electron chi connectivity index (χ2n) is 12.5. The van der Waals surface area contributed by atoms with Gasteiger partial charge in [-0.1, -0.05) is 53.9 Å². The van der Waals surface area contributed by atoms with Gasteiger partial charge in [0.1, 0.15) is 0 Å². The Kier molecular flexibility index (Phi) is 6.29. The predicted molar refractivity (Wildman–Crippen MR) is 127 cm³/mol. The van der Waals surface area contributed by atoms with E-state index in [1.807, 2.05) is 19.1 Å². The molecule has 3 heteroatoms. The minimum Gasteiger partial charge on any atom is -0.501 e. The SMILES string of the molecule is COC1=C[C@H]2N(C)C(=O)CC[C@]2(C)[C@H]2CC[C@]3(C)[C@@H]([C@H](C)CCCC(C)C)CC[C@H]3[C@H]12. The van der Waals surface area contributed by atoms with Crippen molar-refractivity contribution >= 4 is 5.91 Å². The number of amides is 1. The molecule has 0 unspecified atom stereocenters. The number of allylic oxidation sites excluding steroid dienone is 1. The number of methoxy groups -OCH3 is 1. The van der Waals surface area contributed by atoms with Crippen LogP contribution in [0.15, 0.2) is 11.8 Å². The molecule has 3 aliphatic carbocycles. The summed E-state index contributed by atoms with van der Waals surface area (Å²) in [6.45, 7) is 12.3. The molecule has 8 atom stereocenters. The summed E-state index contributed by atoms with van der Waals surface area (Å²) < 4.78 is 6.10. The number of hydrogen-bond donors (Lipinski definition) is 0. The van der Waals surface area contributed by atoms with Gasteiger partial charge in [0.25, 0.3) is 0 Å². The number of nitrogens with zero attached hydrogens (tertiary/aromatic N) is 1. The summed E-state index contributed by atoms with van der Waals surface area (Å²) >= 11 is 0. The van der Waals surface area contributed by atoms with Crippen LogP contribution in [0.2, 0.25) is 0 Å². The Balaban J connectivity index is 1.60. The summed E-state index contributed by atoms with van der Waals surface area (Å²) in [6.07, 6.45) is 13.6. The van der Waals surface area contributed by atoms with E-state index >= 15 is 0 Å². The van der Waals surface area contributed by atoms with E-state index in [0.29, 0.717) is 29.6 Å². The van der Waals surface area contributed by atoms with Gasteiger partial charge in [0.15, 0.2) is 0 Å². The molecule has 0 aromatic rings. The zero-order chi connectivity index (χ0) is 22.6. The third kappa shape index (κ3) is 3.66. The van der Waals surface area contributed by atoms with Gasteiger partial charge in [0, 0.05) is 19.4 Å². The van der Waals surface area contributed by atoms with E-state index in [2.05, 4.69) is 40.7 Å². The molecule has 3 fully saturated rings. The van der Waals surface area contributed by atoms with E-state index in [-0.39, 0.29) is 11.5 Å². The van der Waals surface area contributed by atoms with Gasteiger partial charge in [0.2, 0.25) is 5.91 Å².